The van der Waals surface area contributed by atoms with Crippen molar-refractivity contribution in [2.24, 2.45) is 13.0 Å². The van der Waals surface area contributed by atoms with Crippen LogP contribution in [-0.2, 0) is 11.8 Å². The van der Waals surface area contributed by atoms with Crippen LogP contribution < -0.4 is 15.6 Å². The van der Waals surface area contributed by atoms with E-state index in [9.17, 15) is 9.59 Å². The Morgan fingerprint density at radius 3 is 2.55 bits per heavy atom. The molecule has 0 spiro atoms. The summed E-state index contributed by atoms with van der Waals surface area (Å²) in [5.74, 6) is 0.561. The van der Waals surface area contributed by atoms with Gasteiger partial charge in [-0.15, -0.1) is 0 Å². The molecule has 1 N–H and O–H groups in total. The highest BCUT2D eigenvalue weighted by Crippen LogP contribution is 2.40. The molecule has 0 saturated heterocycles. The molecule has 0 aliphatic heterocycles. The van der Waals surface area contributed by atoms with E-state index >= 15 is 0 Å². The van der Waals surface area contributed by atoms with Gasteiger partial charge in [0.15, 0.2) is 5.75 Å². The Kier molecular flexibility index (Phi) is 7.44. The summed E-state index contributed by atoms with van der Waals surface area (Å²) < 4.78 is 12.9. The number of benzene rings is 1. The van der Waals surface area contributed by atoms with Crippen LogP contribution in [0, 0.1) is 5.92 Å². The molecule has 1 atom stereocenters. The molecule has 9 heteroatoms. The molecule has 0 unspecified atom stereocenters. The summed E-state index contributed by atoms with van der Waals surface area (Å²) in [6.45, 7) is 9.65. The maximum Gasteiger partial charge on any atom is 0.407 e. The van der Waals surface area contributed by atoms with Gasteiger partial charge in [-0.2, -0.15) is 0 Å². The Morgan fingerprint density at radius 2 is 1.91 bits per heavy atom. The van der Waals surface area contributed by atoms with Crippen LogP contribution in [0.15, 0.2) is 29.3 Å². The molecule has 0 aliphatic rings. The smallest absolute Gasteiger partial charge is 0.407 e. The molecular formula is C24H29Cl2N3O4. The zero-order chi connectivity index (χ0) is 24.5. The number of ether oxygens (including phenoxy) is 2. The van der Waals surface area contributed by atoms with Crippen molar-refractivity contribution in [3.05, 3.63) is 44.9 Å². The molecule has 33 heavy (non-hydrogen) atoms. The second kappa shape index (κ2) is 9.77. The minimum atomic E-state index is -0.610. The van der Waals surface area contributed by atoms with Crippen molar-refractivity contribution < 1.29 is 14.3 Å². The number of aromatic nitrogens is 2. The van der Waals surface area contributed by atoms with E-state index in [2.05, 4.69) is 24.1 Å². The first-order valence-electron chi connectivity index (χ1n) is 10.8. The molecule has 0 aliphatic carbocycles. The molecule has 3 rings (SSSR count). The fourth-order valence-electron chi connectivity index (χ4n) is 3.73. The molecule has 7 nitrogen and oxygen atoms in total. The minimum Gasteiger partial charge on any atom is -0.488 e. The van der Waals surface area contributed by atoms with Crippen molar-refractivity contribution in [2.45, 2.75) is 52.7 Å². The van der Waals surface area contributed by atoms with E-state index in [4.69, 9.17) is 32.7 Å². The van der Waals surface area contributed by atoms with Crippen LogP contribution in [-0.4, -0.2) is 33.9 Å². The third-order valence-corrected chi connectivity index (χ3v) is 5.67. The van der Waals surface area contributed by atoms with Gasteiger partial charge < -0.3 is 19.4 Å². The van der Waals surface area contributed by atoms with Crippen LogP contribution in [0.1, 0.15) is 41.0 Å². The van der Waals surface area contributed by atoms with Crippen LogP contribution in [0.2, 0.25) is 10.0 Å². The molecule has 0 bridgehead atoms. The number of pyridine rings is 2. The molecule has 178 valence electrons. The molecule has 0 radical (unpaired) electrons. The number of hydrogen-bond donors (Lipinski definition) is 1. The Bertz CT molecular complexity index is 1250. The topological polar surface area (TPSA) is 82.5 Å². The Morgan fingerprint density at radius 1 is 1.21 bits per heavy atom. The van der Waals surface area contributed by atoms with E-state index in [0.717, 1.165) is 5.39 Å². The predicted octanol–water partition coefficient (Wildman–Crippen LogP) is 5.71. The summed E-state index contributed by atoms with van der Waals surface area (Å²) >= 11 is 13.3. The highest BCUT2D eigenvalue weighted by atomic mass is 35.5. The number of alkyl carbamates (subject to hydrolysis) is 1. The van der Waals surface area contributed by atoms with Gasteiger partial charge in [-0.25, -0.2) is 4.79 Å². The summed E-state index contributed by atoms with van der Waals surface area (Å²) in [7, 11) is 1.65. The van der Waals surface area contributed by atoms with Crippen molar-refractivity contribution in [1.29, 1.82) is 0 Å². The Labute approximate surface area is 203 Å². The maximum atomic E-state index is 12.8. The lowest BCUT2D eigenvalue weighted by molar-refractivity contribution is 0.0480. The summed E-state index contributed by atoms with van der Waals surface area (Å²) in [6, 6.07) is 3.17. The van der Waals surface area contributed by atoms with Gasteiger partial charge in [0.1, 0.15) is 17.2 Å². The van der Waals surface area contributed by atoms with E-state index in [-0.39, 0.29) is 29.0 Å². The van der Waals surface area contributed by atoms with E-state index < -0.39 is 11.7 Å². The standard InChI is InChI=1S/C24H29Cl2N3O4/c1-13(2)9-14(28-23(31)33-24(3,4)5)12-32-21-18(25)10-16-15-7-8-27-11-17(15)22(30)29(6)20(16)19(21)26/h7-8,10-11,13-14H,9,12H2,1-6H3,(H,28,31)/t14-/m0/s1. The van der Waals surface area contributed by atoms with Crippen molar-refractivity contribution in [2.75, 3.05) is 6.61 Å². The van der Waals surface area contributed by atoms with Crippen molar-refractivity contribution in [1.82, 2.24) is 14.9 Å². The fourth-order valence-corrected chi connectivity index (χ4v) is 4.43. The molecule has 1 amide bonds. The van der Waals surface area contributed by atoms with Crippen LogP contribution in [0.5, 0.6) is 5.75 Å². The van der Waals surface area contributed by atoms with Gasteiger partial charge in [-0.1, -0.05) is 37.0 Å². The molecule has 0 saturated carbocycles. The second-order valence-electron chi connectivity index (χ2n) is 9.47. The van der Waals surface area contributed by atoms with Crippen LogP contribution >= 0.6 is 23.2 Å². The lowest BCUT2D eigenvalue weighted by Crippen LogP contribution is -2.42. The average Bonchev–Trinajstić information content (AvgIpc) is 2.69. The van der Waals surface area contributed by atoms with Gasteiger partial charge in [-0.3, -0.25) is 9.78 Å². The summed E-state index contributed by atoms with van der Waals surface area (Å²) in [6.07, 6.45) is 3.29. The third kappa shape index (κ3) is 5.71. The largest absolute Gasteiger partial charge is 0.488 e. The number of halogens is 2. The predicted molar refractivity (Wildman–Crippen MR) is 133 cm³/mol. The first kappa shape index (κ1) is 25.1. The quantitative estimate of drug-likeness (QED) is 0.444. The minimum absolute atomic E-state index is 0.133. The van der Waals surface area contributed by atoms with Gasteiger partial charge in [-0.05, 0) is 50.6 Å². The molecule has 2 aromatic heterocycles. The SMILES string of the molecule is CC(C)C[C@@H](COc1c(Cl)cc2c3ccncc3c(=O)n(C)c2c1Cl)NC(=O)OC(C)(C)C. The monoisotopic (exact) mass is 493 g/mol. The third-order valence-electron chi connectivity index (χ3n) is 5.04. The fraction of sp³-hybridized carbons (Fsp3) is 0.458. The number of fused-ring (bicyclic) bond motifs is 3. The number of carbonyl (C=O) groups excluding carboxylic acids is 1. The highest BCUT2D eigenvalue weighted by molar-refractivity contribution is 6.41. The number of rotatable bonds is 6. The maximum absolute atomic E-state index is 12.8. The van der Waals surface area contributed by atoms with E-state index in [1.54, 1.807) is 46.1 Å². The van der Waals surface area contributed by atoms with Crippen molar-refractivity contribution in [3.8, 4) is 5.75 Å². The number of aryl methyl sites for hydroxylation is 1. The lowest BCUT2D eigenvalue weighted by Gasteiger charge is -2.25. The number of amides is 1. The number of nitrogens with one attached hydrogen (secondary N) is 1. The summed E-state index contributed by atoms with van der Waals surface area (Å²) in [4.78, 5) is 29.2. The zero-order valence-corrected chi connectivity index (χ0v) is 21.2. The average molecular weight is 494 g/mol. The second-order valence-corrected chi connectivity index (χ2v) is 10.3. The van der Waals surface area contributed by atoms with E-state index in [0.29, 0.717) is 33.7 Å². The van der Waals surface area contributed by atoms with Gasteiger partial charge >= 0.3 is 6.09 Å². The Balaban J connectivity index is 1.96. The Hall–Kier alpha value is -2.51. The van der Waals surface area contributed by atoms with E-state index in [1.807, 2.05) is 0 Å². The number of carbonyl (C=O) groups is 1. The first-order chi connectivity index (χ1) is 15.4. The first-order valence-corrected chi connectivity index (χ1v) is 11.5. The molecule has 1 aromatic carbocycles. The van der Waals surface area contributed by atoms with Crippen molar-refractivity contribution >= 4 is 51.0 Å². The van der Waals surface area contributed by atoms with E-state index in [1.165, 1.54) is 10.8 Å². The number of hydrogen-bond acceptors (Lipinski definition) is 5. The van der Waals surface area contributed by atoms with Gasteiger partial charge in [0, 0.05) is 24.8 Å². The highest BCUT2D eigenvalue weighted by Gasteiger charge is 2.23. The number of nitrogens with zero attached hydrogens (tertiary/aromatic N) is 2. The van der Waals surface area contributed by atoms with Gasteiger partial charge in [0.25, 0.3) is 5.56 Å². The van der Waals surface area contributed by atoms with Gasteiger partial charge in [0.05, 0.1) is 22.0 Å². The molecular weight excluding hydrogens is 465 g/mol. The van der Waals surface area contributed by atoms with Crippen LogP contribution in [0.25, 0.3) is 21.7 Å². The summed E-state index contributed by atoms with van der Waals surface area (Å²) in [5, 5.41) is 5.32. The van der Waals surface area contributed by atoms with Gasteiger partial charge in [0.2, 0.25) is 0 Å². The normalized spacial score (nSPS) is 12.9. The van der Waals surface area contributed by atoms with Crippen LogP contribution in [0.3, 0.4) is 0 Å². The zero-order valence-electron chi connectivity index (χ0n) is 19.7. The lowest BCUT2D eigenvalue weighted by atomic mass is 10.0. The van der Waals surface area contributed by atoms with Crippen LogP contribution in [0.4, 0.5) is 4.79 Å². The summed E-state index contributed by atoms with van der Waals surface area (Å²) in [5.41, 5.74) is -0.313. The van der Waals surface area contributed by atoms with Crippen molar-refractivity contribution in [3.63, 3.8) is 0 Å². The molecule has 0 fully saturated rings. The molecule has 2 heterocycles. The molecule has 3 aromatic rings.